The van der Waals surface area contributed by atoms with Gasteiger partial charge in [0, 0.05) is 6.20 Å². The first kappa shape index (κ1) is 10.9. The first-order valence-corrected chi connectivity index (χ1v) is 5.08. The van der Waals surface area contributed by atoms with Gasteiger partial charge in [-0.3, -0.25) is 9.59 Å². The number of hydrogen-bond donors (Lipinski definition) is 0. The van der Waals surface area contributed by atoms with Gasteiger partial charge in [-0.05, 0) is 26.0 Å². The molecule has 1 aromatic rings. The van der Waals surface area contributed by atoms with Crippen LogP contribution >= 0.6 is 11.8 Å². The smallest absolute Gasteiger partial charge is 0.150 e. The fraction of sp³-hybridized carbons (Fsp3) is 0.300. The summed E-state index contributed by atoms with van der Waals surface area (Å²) < 4.78 is 0. The number of aromatic nitrogens is 1. The lowest BCUT2D eigenvalue weighted by molar-refractivity contribution is -0.123. The molecule has 1 heterocycles. The molecule has 0 fully saturated rings. The topological polar surface area (TPSA) is 47.0 Å². The summed E-state index contributed by atoms with van der Waals surface area (Å²) >= 11 is 1.19. The van der Waals surface area contributed by atoms with Crippen molar-refractivity contribution in [1.82, 2.24) is 4.98 Å². The average Bonchev–Trinajstić information content (AvgIpc) is 2.15. The molecule has 3 nitrogen and oxygen atoms in total. The summed E-state index contributed by atoms with van der Waals surface area (Å²) in [5.74, 6) is -0.263. The molecule has 0 saturated heterocycles. The van der Waals surface area contributed by atoms with Gasteiger partial charge in [0.05, 0.1) is 5.03 Å². The van der Waals surface area contributed by atoms with Crippen LogP contribution in [-0.2, 0) is 9.59 Å². The Kier molecular flexibility index (Phi) is 3.83. The first-order valence-electron chi connectivity index (χ1n) is 4.20. The number of thioether (sulfide) groups is 1. The summed E-state index contributed by atoms with van der Waals surface area (Å²) in [5, 5.41) is 0.0767. The van der Waals surface area contributed by atoms with Crippen LogP contribution in [0.4, 0.5) is 0 Å². The van der Waals surface area contributed by atoms with Crippen molar-refractivity contribution in [2.45, 2.75) is 24.1 Å². The van der Waals surface area contributed by atoms with E-state index in [4.69, 9.17) is 0 Å². The second-order valence-corrected chi connectivity index (χ2v) is 4.01. The standard InChI is InChI=1S/C10H11NO2S/c1-7(12)10(8(2)13)14-9-5-3-4-6-11-9/h3-6,10H,1-2H3. The molecule has 74 valence electrons. The minimum absolute atomic E-state index is 0.131. The van der Waals surface area contributed by atoms with Gasteiger partial charge in [0.1, 0.15) is 5.25 Å². The van der Waals surface area contributed by atoms with E-state index in [9.17, 15) is 9.59 Å². The summed E-state index contributed by atoms with van der Waals surface area (Å²) in [6.07, 6.45) is 1.64. The molecule has 4 heteroatoms. The Hall–Kier alpha value is -1.16. The molecular weight excluding hydrogens is 198 g/mol. The summed E-state index contributed by atoms with van der Waals surface area (Å²) in [7, 11) is 0. The highest BCUT2D eigenvalue weighted by atomic mass is 32.2. The maximum atomic E-state index is 11.1. The van der Waals surface area contributed by atoms with Crippen LogP contribution in [0.2, 0.25) is 0 Å². The zero-order valence-corrected chi connectivity index (χ0v) is 8.88. The zero-order valence-electron chi connectivity index (χ0n) is 8.06. The molecule has 0 spiro atoms. The van der Waals surface area contributed by atoms with Crippen molar-refractivity contribution in [3.63, 3.8) is 0 Å². The van der Waals surface area contributed by atoms with Crippen molar-refractivity contribution in [3.05, 3.63) is 24.4 Å². The molecule has 14 heavy (non-hydrogen) atoms. The Bertz CT molecular complexity index is 323. The molecule has 0 amide bonds. The molecule has 0 N–H and O–H groups in total. The molecule has 0 aliphatic heterocycles. The van der Waals surface area contributed by atoms with Crippen LogP contribution in [0.5, 0.6) is 0 Å². The van der Waals surface area contributed by atoms with Crippen LogP contribution in [0.3, 0.4) is 0 Å². The molecular formula is C10H11NO2S. The lowest BCUT2D eigenvalue weighted by Crippen LogP contribution is -2.22. The Morgan fingerprint density at radius 1 is 1.29 bits per heavy atom. The SMILES string of the molecule is CC(=O)C(Sc1ccccn1)C(C)=O. The molecule has 0 radical (unpaired) electrons. The monoisotopic (exact) mass is 209 g/mol. The van der Waals surface area contributed by atoms with Gasteiger partial charge >= 0.3 is 0 Å². The van der Waals surface area contributed by atoms with E-state index in [1.807, 2.05) is 6.07 Å². The van der Waals surface area contributed by atoms with E-state index in [1.54, 1.807) is 18.3 Å². The predicted molar refractivity (Wildman–Crippen MR) is 55.2 cm³/mol. The Balaban J connectivity index is 2.75. The van der Waals surface area contributed by atoms with E-state index in [1.165, 1.54) is 25.6 Å². The number of nitrogens with zero attached hydrogens (tertiary/aromatic N) is 1. The van der Waals surface area contributed by atoms with Crippen LogP contribution in [0, 0.1) is 0 Å². The van der Waals surface area contributed by atoms with Gasteiger partial charge in [-0.15, -0.1) is 0 Å². The quantitative estimate of drug-likeness (QED) is 0.559. The lowest BCUT2D eigenvalue weighted by Gasteiger charge is -2.08. The van der Waals surface area contributed by atoms with Crippen LogP contribution < -0.4 is 0 Å². The van der Waals surface area contributed by atoms with E-state index in [0.29, 0.717) is 5.03 Å². The van der Waals surface area contributed by atoms with Crippen molar-refractivity contribution in [3.8, 4) is 0 Å². The maximum Gasteiger partial charge on any atom is 0.150 e. The number of Topliss-reactive ketones (excluding diaryl/α,β-unsaturated/α-hetero) is 2. The predicted octanol–water partition coefficient (Wildman–Crippen LogP) is 1.72. The van der Waals surface area contributed by atoms with Crippen molar-refractivity contribution >= 4 is 23.3 Å². The molecule has 1 aromatic heterocycles. The molecule has 0 aromatic carbocycles. The number of carbonyl (C=O) groups is 2. The van der Waals surface area contributed by atoms with E-state index in [0.717, 1.165) is 0 Å². The van der Waals surface area contributed by atoms with E-state index in [-0.39, 0.29) is 11.6 Å². The largest absolute Gasteiger partial charge is 0.298 e. The third kappa shape index (κ3) is 2.96. The van der Waals surface area contributed by atoms with Crippen LogP contribution in [0.1, 0.15) is 13.8 Å². The van der Waals surface area contributed by atoms with Gasteiger partial charge in [0.25, 0.3) is 0 Å². The molecule has 1 rings (SSSR count). The van der Waals surface area contributed by atoms with E-state index >= 15 is 0 Å². The van der Waals surface area contributed by atoms with Gasteiger partial charge < -0.3 is 0 Å². The van der Waals surface area contributed by atoms with Crippen LogP contribution in [0.15, 0.2) is 29.4 Å². The van der Waals surface area contributed by atoms with Crippen molar-refractivity contribution in [1.29, 1.82) is 0 Å². The van der Waals surface area contributed by atoms with E-state index < -0.39 is 5.25 Å². The first-order chi connectivity index (χ1) is 6.61. The van der Waals surface area contributed by atoms with Crippen LogP contribution in [-0.4, -0.2) is 21.8 Å². The molecule has 0 atom stereocenters. The summed E-state index contributed by atoms with van der Waals surface area (Å²) in [5.41, 5.74) is 0. The number of hydrogen-bond acceptors (Lipinski definition) is 4. The molecule has 0 aliphatic carbocycles. The number of rotatable bonds is 4. The minimum Gasteiger partial charge on any atom is -0.298 e. The zero-order chi connectivity index (χ0) is 10.6. The highest BCUT2D eigenvalue weighted by Gasteiger charge is 2.20. The van der Waals surface area contributed by atoms with Gasteiger partial charge in [0.15, 0.2) is 11.6 Å². The highest BCUT2D eigenvalue weighted by Crippen LogP contribution is 2.21. The summed E-state index contributed by atoms with van der Waals surface area (Å²) in [6, 6.07) is 5.40. The molecule has 0 saturated carbocycles. The Morgan fingerprint density at radius 2 is 1.93 bits per heavy atom. The Labute approximate surface area is 86.9 Å². The normalized spacial score (nSPS) is 10.2. The van der Waals surface area contributed by atoms with Gasteiger partial charge in [-0.1, -0.05) is 17.8 Å². The lowest BCUT2D eigenvalue weighted by atomic mass is 10.2. The van der Waals surface area contributed by atoms with E-state index in [2.05, 4.69) is 4.98 Å². The number of pyridine rings is 1. The Morgan fingerprint density at radius 3 is 2.36 bits per heavy atom. The maximum absolute atomic E-state index is 11.1. The summed E-state index contributed by atoms with van der Waals surface area (Å²) in [4.78, 5) is 26.3. The van der Waals surface area contributed by atoms with Crippen molar-refractivity contribution in [2.75, 3.05) is 0 Å². The fourth-order valence-corrected chi connectivity index (χ4v) is 1.84. The van der Waals surface area contributed by atoms with Gasteiger partial charge in [-0.25, -0.2) is 4.98 Å². The van der Waals surface area contributed by atoms with Crippen LogP contribution in [0.25, 0.3) is 0 Å². The second-order valence-electron chi connectivity index (χ2n) is 2.89. The number of carbonyl (C=O) groups excluding carboxylic acids is 2. The highest BCUT2D eigenvalue weighted by molar-refractivity contribution is 8.01. The number of ketones is 2. The van der Waals surface area contributed by atoms with Crippen molar-refractivity contribution < 1.29 is 9.59 Å². The third-order valence-corrected chi connectivity index (χ3v) is 3.00. The third-order valence-electron chi connectivity index (χ3n) is 1.61. The van der Waals surface area contributed by atoms with Gasteiger partial charge in [-0.2, -0.15) is 0 Å². The second kappa shape index (κ2) is 4.91. The fourth-order valence-electron chi connectivity index (χ4n) is 0.990. The van der Waals surface area contributed by atoms with Gasteiger partial charge in [0.2, 0.25) is 0 Å². The molecule has 0 unspecified atom stereocenters. The molecule has 0 aliphatic rings. The average molecular weight is 209 g/mol. The molecule has 0 bridgehead atoms. The minimum atomic E-state index is -0.620. The van der Waals surface area contributed by atoms with Crippen molar-refractivity contribution in [2.24, 2.45) is 0 Å². The summed E-state index contributed by atoms with van der Waals surface area (Å²) in [6.45, 7) is 2.84.